The Labute approximate surface area is 161 Å². The van der Waals surface area contributed by atoms with Gasteiger partial charge in [-0.25, -0.2) is 14.4 Å². The molecule has 4 rings (SSSR count). The van der Waals surface area contributed by atoms with Crippen LogP contribution in [0.3, 0.4) is 0 Å². The van der Waals surface area contributed by atoms with E-state index in [0.717, 1.165) is 29.2 Å². The number of halogens is 1. The standard InChI is InChI=1S/C20H19FN6O/c1-14-11-17(15-5-3-2-4-6-15)24-25-18(14)19(28)26-7-9-27(10-8-26)20-22-12-16(21)13-23-20/h2-6,11-13H,7-10H2,1H3. The van der Waals surface area contributed by atoms with E-state index in [2.05, 4.69) is 20.2 Å². The average Bonchev–Trinajstić information content (AvgIpc) is 2.74. The van der Waals surface area contributed by atoms with Crippen molar-refractivity contribution in [1.82, 2.24) is 25.1 Å². The van der Waals surface area contributed by atoms with E-state index in [-0.39, 0.29) is 5.91 Å². The van der Waals surface area contributed by atoms with Crippen LogP contribution in [0.2, 0.25) is 0 Å². The van der Waals surface area contributed by atoms with Crippen LogP contribution in [-0.2, 0) is 0 Å². The molecular formula is C20H19FN6O. The molecule has 1 amide bonds. The Morgan fingerprint density at radius 2 is 1.68 bits per heavy atom. The molecule has 7 nitrogen and oxygen atoms in total. The molecule has 3 heterocycles. The Kier molecular flexibility index (Phi) is 4.92. The van der Waals surface area contributed by atoms with Crippen molar-refractivity contribution < 1.29 is 9.18 Å². The van der Waals surface area contributed by atoms with Crippen molar-refractivity contribution in [1.29, 1.82) is 0 Å². The van der Waals surface area contributed by atoms with Crippen molar-refractivity contribution in [2.24, 2.45) is 0 Å². The van der Waals surface area contributed by atoms with Gasteiger partial charge in [0.2, 0.25) is 5.95 Å². The number of hydrogen-bond acceptors (Lipinski definition) is 6. The van der Waals surface area contributed by atoms with Gasteiger partial charge >= 0.3 is 0 Å². The molecule has 0 bridgehead atoms. The topological polar surface area (TPSA) is 75.1 Å². The smallest absolute Gasteiger partial charge is 0.274 e. The summed E-state index contributed by atoms with van der Waals surface area (Å²) in [6, 6.07) is 11.6. The molecule has 28 heavy (non-hydrogen) atoms. The molecule has 0 unspecified atom stereocenters. The first-order chi connectivity index (χ1) is 13.6. The summed E-state index contributed by atoms with van der Waals surface area (Å²) in [6.07, 6.45) is 2.29. The van der Waals surface area contributed by atoms with Crippen LogP contribution in [0.15, 0.2) is 48.8 Å². The highest BCUT2D eigenvalue weighted by molar-refractivity contribution is 5.94. The van der Waals surface area contributed by atoms with Gasteiger partial charge in [-0.3, -0.25) is 4.79 Å². The monoisotopic (exact) mass is 378 g/mol. The minimum absolute atomic E-state index is 0.135. The van der Waals surface area contributed by atoms with Gasteiger partial charge in [0.1, 0.15) is 0 Å². The fourth-order valence-corrected chi connectivity index (χ4v) is 3.17. The summed E-state index contributed by atoms with van der Waals surface area (Å²) < 4.78 is 13.0. The Balaban J connectivity index is 1.44. The van der Waals surface area contributed by atoms with Gasteiger partial charge in [-0.2, -0.15) is 0 Å². The van der Waals surface area contributed by atoms with Crippen molar-refractivity contribution in [3.63, 3.8) is 0 Å². The number of aryl methyl sites for hydroxylation is 1. The van der Waals surface area contributed by atoms with Crippen LogP contribution >= 0.6 is 0 Å². The summed E-state index contributed by atoms with van der Waals surface area (Å²) in [5.74, 6) is -0.133. The molecule has 3 aromatic rings. The van der Waals surface area contributed by atoms with Crippen LogP contribution in [0, 0.1) is 12.7 Å². The second kappa shape index (κ2) is 7.67. The Hall–Kier alpha value is -3.42. The van der Waals surface area contributed by atoms with Crippen molar-refractivity contribution >= 4 is 11.9 Å². The summed E-state index contributed by atoms with van der Waals surface area (Å²) in [7, 11) is 0. The fraction of sp³-hybridized carbons (Fsp3) is 0.250. The molecule has 142 valence electrons. The van der Waals surface area contributed by atoms with Gasteiger partial charge in [-0.1, -0.05) is 30.3 Å². The number of anilines is 1. The SMILES string of the molecule is Cc1cc(-c2ccccc2)nnc1C(=O)N1CCN(c2ncc(F)cn2)CC1. The van der Waals surface area contributed by atoms with Crippen LogP contribution in [0.25, 0.3) is 11.3 Å². The van der Waals surface area contributed by atoms with Crippen molar-refractivity contribution in [2.75, 3.05) is 31.1 Å². The minimum Gasteiger partial charge on any atom is -0.337 e. The number of carbonyl (C=O) groups is 1. The van der Waals surface area contributed by atoms with Gasteiger partial charge in [0, 0.05) is 31.7 Å². The van der Waals surface area contributed by atoms with Gasteiger partial charge in [-0.05, 0) is 18.6 Å². The van der Waals surface area contributed by atoms with Crippen LogP contribution in [0.4, 0.5) is 10.3 Å². The number of hydrogen-bond donors (Lipinski definition) is 0. The summed E-state index contributed by atoms with van der Waals surface area (Å²) in [5, 5.41) is 8.43. The molecule has 0 N–H and O–H groups in total. The van der Waals surface area contributed by atoms with E-state index in [0.29, 0.717) is 37.8 Å². The molecule has 1 aromatic carbocycles. The third kappa shape index (κ3) is 3.66. The van der Waals surface area contributed by atoms with Gasteiger partial charge in [-0.15, -0.1) is 10.2 Å². The molecule has 0 saturated carbocycles. The van der Waals surface area contributed by atoms with Gasteiger partial charge in [0.25, 0.3) is 5.91 Å². The van der Waals surface area contributed by atoms with Gasteiger partial charge in [0.05, 0.1) is 18.1 Å². The molecule has 2 aromatic heterocycles. The maximum atomic E-state index is 13.0. The van der Waals surface area contributed by atoms with E-state index in [1.54, 1.807) is 4.90 Å². The predicted octanol–water partition coefficient (Wildman–Crippen LogP) is 2.34. The van der Waals surface area contributed by atoms with Crippen molar-refractivity contribution in [3.05, 3.63) is 65.9 Å². The number of benzene rings is 1. The van der Waals surface area contributed by atoms with E-state index in [1.165, 1.54) is 0 Å². The zero-order chi connectivity index (χ0) is 19.5. The quantitative estimate of drug-likeness (QED) is 0.696. The molecule has 0 atom stereocenters. The maximum absolute atomic E-state index is 13.0. The van der Waals surface area contributed by atoms with E-state index in [9.17, 15) is 9.18 Å². The van der Waals surface area contributed by atoms with Crippen LogP contribution in [-0.4, -0.2) is 57.2 Å². The second-order valence-electron chi connectivity index (χ2n) is 6.61. The number of carbonyl (C=O) groups excluding carboxylic acids is 1. The lowest BCUT2D eigenvalue weighted by Gasteiger charge is -2.34. The maximum Gasteiger partial charge on any atom is 0.274 e. The number of piperazine rings is 1. The molecule has 1 fully saturated rings. The largest absolute Gasteiger partial charge is 0.337 e. The lowest BCUT2D eigenvalue weighted by molar-refractivity contribution is 0.0738. The summed E-state index contributed by atoms with van der Waals surface area (Å²) >= 11 is 0. The first kappa shape index (κ1) is 18.0. The Bertz CT molecular complexity index is 972. The molecule has 8 heteroatoms. The molecule has 1 saturated heterocycles. The number of rotatable bonds is 3. The van der Waals surface area contributed by atoms with E-state index in [1.807, 2.05) is 48.2 Å². The highest BCUT2D eigenvalue weighted by Crippen LogP contribution is 2.19. The fourth-order valence-electron chi connectivity index (χ4n) is 3.17. The van der Waals surface area contributed by atoms with E-state index < -0.39 is 5.82 Å². The summed E-state index contributed by atoms with van der Waals surface area (Å²) in [4.78, 5) is 24.6. The normalized spacial score (nSPS) is 14.2. The summed E-state index contributed by atoms with van der Waals surface area (Å²) in [5.41, 5.74) is 2.87. The van der Waals surface area contributed by atoms with E-state index in [4.69, 9.17) is 0 Å². The lowest BCUT2D eigenvalue weighted by Crippen LogP contribution is -2.49. The Morgan fingerprint density at radius 3 is 2.32 bits per heavy atom. The highest BCUT2D eigenvalue weighted by atomic mass is 19.1. The number of amides is 1. The van der Waals surface area contributed by atoms with Crippen molar-refractivity contribution in [2.45, 2.75) is 6.92 Å². The molecule has 0 spiro atoms. The van der Waals surface area contributed by atoms with Crippen LogP contribution in [0.1, 0.15) is 16.1 Å². The third-order valence-corrected chi connectivity index (χ3v) is 4.71. The first-order valence-corrected chi connectivity index (χ1v) is 9.03. The molecular weight excluding hydrogens is 359 g/mol. The number of aromatic nitrogens is 4. The van der Waals surface area contributed by atoms with Gasteiger partial charge < -0.3 is 9.80 Å². The lowest BCUT2D eigenvalue weighted by atomic mass is 10.1. The Morgan fingerprint density at radius 1 is 1.00 bits per heavy atom. The molecule has 0 radical (unpaired) electrons. The summed E-state index contributed by atoms with van der Waals surface area (Å²) in [6.45, 7) is 4.05. The average molecular weight is 378 g/mol. The van der Waals surface area contributed by atoms with Crippen LogP contribution in [0.5, 0.6) is 0 Å². The zero-order valence-electron chi connectivity index (χ0n) is 15.4. The molecule has 1 aliphatic heterocycles. The second-order valence-corrected chi connectivity index (χ2v) is 6.61. The third-order valence-electron chi connectivity index (χ3n) is 4.71. The predicted molar refractivity (Wildman–Crippen MR) is 102 cm³/mol. The number of nitrogens with zero attached hydrogens (tertiary/aromatic N) is 6. The zero-order valence-corrected chi connectivity index (χ0v) is 15.4. The minimum atomic E-state index is -0.467. The highest BCUT2D eigenvalue weighted by Gasteiger charge is 2.25. The van der Waals surface area contributed by atoms with Gasteiger partial charge in [0.15, 0.2) is 11.5 Å². The molecule has 0 aliphatic carbocycles. The van der Waals surface area contributed by atoms with Crippen molar-refractivity contribution in [3.8, 4) is 11.3 Å². The molecule has 1 aliphatic rings. The van der Waals surface area contributed by atoms with E-state index >= 15 is 0 Å². The van der Waals surface area contributed by atoms with Crippen LogP contribution < -0.4 is 4.90 Å². The first-order valence-electron chi connectivity index (χ1n) is 9.03.